The summed E-state index contributed by atoms with van der Waals surface area (Å²) in [5.41, 5.74) is 5.26. The molecule has 0 amide bonds. The zero-order valence-corrected chi connectivity index (χ0v) is 23.0. The van der Waals surface area contributed by atoms with Crippen molar-refractivity contribution in [3.63, 3.8) is 0 Å². The number of nitrogens with one attached hydrogen (secondary N) is 1. The van der Waals surface area contributed by atoms with Gasteiger partial charge >= 0.3 is 0 Å². The molecule has 2 N–H and O–H groups in total. The van der Waals surface area contributed by atoms with E-state index in [1.807, 2.05) is 37.3 Å². The van der Waals surface area contributed by atoms with Crippen LogP contribution in [-0.2, 0) is 19.6 Å². The topological polar surface area (TPSA) is 63.6 Å². The highest BCUT2D eigenvalue weighted by Gasteiger charge is 2.28. The smallest absolute Gasteiger partial charge is 0.142 e. The van der Waals surface area contributed by atoms with Crippen LogP contribution in [0.3, 0.4) is 0 Å². The second-order valence-corrected chi connectivity index (χ2v) is 10.5. The molecule has 0 aliphatic heterocycles. The normalized spacial score (nSPS) is 15.2. The zero-order valence-electron chi connectivity index (χ0n) is 21.5. The second kappa shape index (κ2) is 12.3. The molecule has 0 fully saturated rings. The number of fused-ring (bicyclic) bond motifs is 1. The van der Waals surface area contributed by atoms with Gasteiger partial charge in [-0.25, -0.2) is 4.39 Å². The lowest BCUT2D eigenvalue weighted by Crippen LogP contribution is -2.28. The number of nitrogens with zero attached hydrogens (tertiary/aromatic N) is 1. The fraction of sp³-hybridized carbons (Fsp3) is 0.258. The zero-order chi connectivity index (χ0) is 27.4. The van der Waals surface area contributed by atoms with Crippen molar-refractivity contribution in [3.05, 3.63) is 111 Å². The molecule has 0 saturated carbocycles. The maximum absolute atomic E-state index is 14.6. The first-order valence-electron chi connectivity index (χ1n) is 12.8. The molecular formula is C31H29Cl2FN2O3. The minimum atomic E-state index is -0.241. The van der Waals surface area contributed by atoms with Crippen LogP contribution in [-0.4, -0.2) is 22.7 Å². The largest absolute Gasteiger partial charge is 0.488 e. The summed E-state index contributed by atoms with van der Waals surface area (Å²) in [5.74, 6) is 0.865. The Kier molecular flexibility index (Phi) is 8.68. The molecule has 0 unspecified atom stereocenters. The lowest BCUT2D eigenvalue weighted by molar-refractivity contribution is 0.206. The van der Waals surface area contributed by atoms with E-state index in [9.17, 15) is 9.50 Å². The Hall–Kier alpha value is -3.16. The van der Waals surface area contributed by atoms with Crippen molar-refractivity contribution < 1.29 is 19.0 Å². The molecule has 202 valence electrons. The van der Waals surface area contributed by atoms with Crippen molar-refractivity contribution in [3.8, 4) is 22.6 Å². The maximum atomic E-state index is 14.6. The summed E-state index contributed by atoms with van der Waals surface area (Å²) in [4.78, 5) is 4.12. The molecule has 5 rings (SSSR count). The van der Waals surface area contributed by atoms with Crippen LogP contribution in [0.5, 0.6) is 11.5 Å². The van der Waals surface area contributed by atoms with Crippen molar-refractivity contribution in [2.75, 3.05) is 6.61 Å². The molecule has 5 nitrogen and oxygen atoms in total. The van der Waals surface area contributed by atoms with Gasteiger partial charge in [-0.3, -0.25) is 4.98 Å². The molecule has 0 spiro atoms. The molecule has 8 heteroatoms. The average Bonchev–Trinajstić information content (AvgIpc) is 3.35. The van der Waals surface area contributed by atoms with Crippen LogP contribution < -0.4 is 14.8 Å². The summed E-state index contributed by atoms with van der Waals surface area (Å²) in [7, 11) is 0. The summed E-state index contributed by atoms with van der Waals surface area (Å²) in [6, 6.07) is 18.1. The molecule has 1 heterocycles. The first-order chi connectivity index (χ1) is 18.9. The highest BCUT2D eigenvalue weighted by atomic mass is 35.5. The maximum Gasteiger partial charge on any atom is 0.142 e. The van der Waals surface area contributed by atoms with Crippen LogP contribution in [0.15, 0.2) is 73.1 Å². The molecular weight excluding hydrogens is 538 g/mol. The highest BCUT2D eigenvalue weighted by molar-refractivity contribution is 6.32. The summed E-state index contributed by atoms with van der Waals surface area (Å²) in [6.07, 6.45) is 4.57. The van der Waals surface area contributed by atoms with Gasteiger partial charge in [-0.15, -0.1) is 0 Å². The van der Waals surface area contributed by atoms with Gasteiger partial charge in [-0.1, -0.05) is 59.6 Å². The van der Waals surface area contributed by atoms with Crippen LogP contribution in [0, 0.1) is 5.82 Å². The third kappa shape index (κ3) is 6.36. The number of aliphatic hydroxyl groups is 1. The summed E-state index contributed by atoms with van der Waals surface area (Å²) in [5, 5.41) is 13.7. The molecule has 1 aliphatic rings. The Labute approximate surface area is 237 Å². The minimum absolute atomic E-state index is 0.00919. The fourth-order valence-electron chi connectivity index (χ4n) is 4.81. The second-order valence-electron chi connectivity index (χ2n) is 9.65. The number of pyridine rings is 1. The Morgan fingerprint density at radius 3 is 2.67 bits per heavy atom. The van der Waals surface area contributed by atoms with Crippen molar-refractivity contribution in [2.45, 2.75) is 45.1 Å². The van der Waals surface area contributed by atoms with E-state index in [1.165, 1.54) is 6.07 Å². The van der Waals surface area contributed by atoms with Gasteiger partial charge in [-0.2, -0.15) is 0 Å². The first-order valence-corrected chi connectivity index (χ1v) is 13.6. The van der Waals surface area contributed by atoms with E-state index in [0.717, 1.165) is 40.7 Å². The third-order valence-corrected chi connectivity index (χ3v) is 7.34. The van der Waals surface area contributed by atoms with Crippen molar-refractivity contribution in [1.82, 2.24) is 10.3 Å². The van der Waals surface area contributed by atoms with E-state index >= 15 is 0 Å². The Morgan fingerprint density at radius 1 is 1.05 bits per heavy atom. The number of aliphatic hydroxyl groups excluding tert-OH is 1. The Balaban J connectivity index is 1.42. The van der Waals surface area contributed by atoms with Crippen LogP contribution in [0.1, 0.15) is 41.7 Å². The van der Waals surface area contributed by atoms with Gasteiger partial charge in [0.05, 0.1) is 16.7 Å². The number of hydrogen-bond acceptors (Lipinski definition) is 5. The molecule has 2 atom stereocenters. The molecule has 1 aliphatic carbocycles. The quantitative estimate of drug-likeness (QED) is 0.210. The van der Waals surface area contributed by atoms with E-state index in [1.54, 1.807) is 36.7 Å². The minimum Gasteiger partial charge on any atom is -0.488 e. The predicted molar refractivity (Wildman–Crippen MR) is 152 cm³/mol. The van der Waals surface area contributed by atoms with Gasteiger partial charge in [0.2, 0.25) is 0 Å². The SMILES string of the molecule is C[C@H](CO)NCc1cc(Cl)c(O[C@H]2CCc3c(-c4ccccc4F)cccc32)cc1OCc1cncc(Cl)c1. The number of halogens is 3. The van der Waals surface area contributed by atoms with Gasteiger partial charge in [0.25, 0.3) is 0 Å². The van der Waals surface area contributed by atoms with Crippen LogP contribution >= 0.6 is 23.2 Å². The Morgan fingerprint density at radius 2 is 1.87 bits per heavy atom. The monoisotopic (exact) mass is 566 g/mol. The lowest BCUT2D eigenvalue weighted by Gasteiger charge is -2.20. The lowest BCUT2D eigenvalue weighted by atomic mass is 9.96. The fourth-order valence-corrected chi connectivity index (χ4v) is 5.23. The number of rotatable bonds is 10. The Bertz CT molecular complexity index is 1470. The summed E-state index contributed by atoms with van der Waals surface area (Å²) in [6.45, 7) is 2.61. The number of aromatic nitrogens is 1. The third-order valence-electron chi connectivity index (χ3n) is 6.83. The highest BCUT2D eigenvalue weighted by Crippen LogP contribution is 2.43. The average molecular weight is 567 g/mol. The molecule has 0 saturated heterocycles. The van der Waals surface area contributed by atoms with Crippen molar-refractivity contribution in [2.24, 2.45) is 0 Å². The number of benzene rings is 3. The van der Waals surface area contributed by atoms with E-state index in [4.69, 9.17) is 32.7 Å². The standard InChI is InChI=1S/C31H29Cl2FN2O3/c1-19(17-37)36-15-21-12-27(33)31(13-30(21)38-18-20-11-22(32)16-35-14-20)39-29-10-9-24-23(6-4-7-26(24)29)25-5-2-3-8-28(25)34/h2-8,11-14,16,19,29,36-37H,9-10,15,17-18H2,1H3/t19-,29+/m1/s1. The molecule has 0 bridgehead atoms. The van der Waals surface area contributed by atoms with E-state index in [2.05, 4.69) is 10.3 Å². The van der Waals surface area contributed by atoms with Gasteiger partial charge in [-0.05, 0) is 54.7 Å². The van der Waals surface area contributed by atoms with E-state index in [0.29, 0.717) is 33.7 Å². The molecule has 1 aromatic heterocycles. The molecule has 39 heavy (non-hydrogen) atoms. The molecule has 0 radical (unpaired) electrons. The first kappa shape index (κ1) is 27.4. The predicted octanol–water partition coefficient (Wildman–Crippen LogP) is 7.31. The van der Waals surface area contributed by atoms with Crippen LogP contribution in [0.4, 0.5) is 4.39 Å². The van der Waals surface area contributed by atoms with Gasteiger partial charge in [0.1, 0.15) is 30.0 Å². The van der Waals surface area contributed by atoms with Gasteiger partial charge < -0.3 is 19.9 Å². The van der Waals surface area contributed by atoms with Gasteiger partial charge in [0, 0.05) is 47.7 Å². The summed E-state index contributed by atoms with van der Waals surface area (Å²) < 4.78 is 27.2. The van der Waals surface area contributed by atoms with Crippen LogP contribution in [0.25, 0.3) is 11.1 Å². The molecule has 3 aromatic carbocycles. The van der Waals surface area contributed by atoms with Crippen molar-refractivity contribution >= 4 is 23.2 Å². The number of ether oxygens (including phenoxy) is 2. The van der Waals surface area contributed by atoms with E-state index < -0.39 is 0 Å². The van der Waals surface area contributed by atoms with Crippen molar-refractivity contribution in [1.29, 1.82) is 0 Å². The van der Waals surface area contributed by atoms with Gasteiger partial charge in [0.15, 0.2) is 0 Å². The number of hydrogen-bond donors (Lipinski definition) is 2. The molecule has 4 aromatic rings. The van der Waals surface area contributed by atoms with Crippen LogP contribution in [0.2, 0.25) is 10.0 Å². The summed E-state index contributed by atoms with van der Waals surface area (Å²) >= 11 is 12.8. The van der Waals surface area contributed by atoms with E-state index in [-0.39, 0.29) is 31.2 Å².